The molecule has 0 unspecified atom stereocenters. The Morgan fingerprint density at radius 3 is 2.52 bits per heavy atom. The Hall–Kier alpha value is -2.79. The fraction of sp³-hybridized carbons (Fsp3) is 0.158. The lowest BCUT2D eigenvalue weighted by molar-refractivity contribution is -0.111. The molecule has 2 rings (SSSR count). The molecule has 0 bridgehead atoms. The predicted octanol–water partition coefficient (Wildman–Crippen LogP) is 4.18. The number of anilines is 1. The molecule has 0 spiro atoms. The van der Waals surface area contributed by atoms with Gasteiger partial charge in [-0.15, -0.1) is 0 Å². The van der Waals surface area contributed by atoms with Crippen LogP contribution in [0.3, 0.4) is 0 Å². The molecule has 0 fully saturated rings. The third-order valence-electron chi connectivity index (χ3n) is 3.27. The zero-order chi connectivity index (χ0) is 18.2. The molecule has 0 atom stereocenters. The lowest BCUT2D eigenvalue weighted by Crippen LogP contribution is -2.10. The first-order chi connectivity index (χ1) is 12.0. The van der Waals surface area contributed by atoms with Crippen molar-refractivity contribution in [3.8, 4) is 5.75 Å². The molecule has 1 N–H and O–H groups in total. The van der Waals surface area contributed by atoms with Gasteiger partial charge in [0.05, 0.1) is 24.3 Å². The number of carbonyl (C=O) groups is 2. The monoisotopic (exact) mass is 359 g/mol. The van der Waals surface area contributed by atoms with Crippen molar-refractivity contribution in [3.63, 3.8) is 0 Å². The van der Waals surface area contributed by atoms with Crippen LogP contribution in [0, 0.1) is 0 Å². The number of hydrogen-bond acceptors (Lipinski definition) is 4. The van der Waals surface area contributed by atoms with Gasteiger partial charge in [0.25, 0.3) is 0 Å². The van der Waals surface area contributed by atoms with Crippen LogP contribution in [0.1, 0.15) is 22.8 Å². The smallest absolute Gasteiger partial charge is 0.339 e. The van der Waals surface area contributed by atoms with E-state index in [0.717, 1.165) is 11.3 Å². The second-order valence-electron chi connectivity index (χ2n) is 5.01. The SMILES string of the molecule is CCOC(=O)c1cc(NC(=O)/C=C/c2ccc(OC)cc2)ccc1Cl. The topological polar surface area (TPSA) is 64.6 Å². The maximum absolute atomic E-state index is 12.0. The molecule has 0 radical (unpaired) electrons. The Kier molecular flexibility index (Phi) is 6.60. The lowest BCUT2D eigenvalue weighted by atomic mass is 10.2. The summed E-state index contributed by atoms with van der Waals surface area (Å²) in [5.74, 6) is -0.111. The average Bonchev–Trinajstić information content (AvgIpc) is 2.62. The van der Waals surface area contributed by atoms with Crippen molar-refractivity contribution < 1.29 is 19.1 Å². The van der Waals surface area contributed by atoms with Crippen LogP contribution in [0.2, 0.25) is 5.02 Å². The van der Waals surface area contributed by atoms with Crippen molar-refractivity contribution in [2.45, 2.75) is 6.92 Å². The van der Waals surface area contributed by atoms with Gasteiger partial charge in [0.15, 0.2) is 0 Å². The fourth-order valence-corrected chi connectivity index (χ4v) is 2.23. The number of ether oxygens (including phenoxy) is 2. The van der Waals surface area contributed by atoms with Crippen molar-refractivity contribution in [2.75, 3.05) is 19.0 Å². The number of benzene rings is 2. The molecular weight excluding hydrogens is 342 g/mol. The number of nitrogens with one attached hydrogen (secondary N) is 1. The van der Waals surface area contributed by atoms with Gasteiger partial charge < -0.3 is 14.8 Å². The summed E-state index contributed by atoms with van der Waals surface area (Å²) in [5.41, 5.74) is 1.52. The van der Waals surface area contributed by atoms with E-state index in [2.05, 4.69) is 5.32 Å². The molecule has 2 aromatic rings. The minimum Gasteiger partial charge on any atom is -0.497 e. The zero-order valence-electron chi connectivity index (χ0n) is 13.9. The fourth-order valence-electron chi connectivity index (χ4n) is 2.04. The van der Waals surface area contributed by atoms with Gasteiger partial charge in [-0.1, -0.05) is 23.7 Å². The minimum absolute atomic E-state index is 0.209. The van der Waals surface area contributed by atoms with Crippen LogP contribution >= 0.6 is 11.6 Å². The summed E-state index contributed by atoms with van der Waals surface area (Å²) in [4.78, 5) is 23.9. The number of amides is 1. The van der Waals surface area contributed by atoms with Crippen LogP contribution in [-0.2, 0) is 9.53 Å². The van der Waals surface area contributed by atoms with E-state index in [-0.39, 0.29) is 23.1 Å². The van der Waals surface area contributed by atoms with Gasteiger partial charge in [-0.2, -0.15) is 0 Å². The maximum atomic E-state index is 12.0. The van der Waals surface area contributed by atoms with E-state index >= 15 is 0 Å². The van der Waals surface area contributed by atoms with Gasteiger partial charge in [0, 0.05) is 11.8 Å². The first kappa shape index (κ1) is 18.5. The molecule has 0 aliphatic carbocycles. The van der Waals surface area contributed by atoms with Crippen LogP contribution in [0.25, 0.3) is 6.08 Å². The number of rotatable bonds is 6. The number of methoxy groups -OCH3 is 1. The number of esters is 1. The van der Waals surface area contributed by atoms with E-state index in [1.807, 2.05) is 24.3 Å². The Morgan fingerprint density at radius 2 is 1.88 bits per heavy atom. The highest BCUT2D eigenvalue weighted by atomic mass is 35.5. The maximum Gasteiger partial charge on any atom is 0.339 e. The van der Waals surface area contributed by atoms with Gasteiger partial charge >= 0.3 is 5.97 Å². The molecule has 5 nitrogen and oxygen atoms in total. The Bertz CT molecular complexity index is 785. The quantitative estimate of drug-likeness (QED) is 0.620. The molecule has 0 aliphatic heterocycles. The standard InChI is InChI=1S/C19H18ClNO4/c1-3-25-19(23)16-12-14(7-10-17(16)20)21-18(22)11-6-13-4-8-15(24-2)9-5-13/h4-12H,3H2,1-2H3,(H,21,22)/b11-6+. The second-order valence-corrected chi connectivity index (χ2v) is 5.42. The van der Waals surface area contributed by atoms with Crippen molar-refractivity contribution in [2.24, 2.45) is 0 Å². The van der Waals surface area contributed by atoms with Crippen molar-refractivity contribution >= 4 is 35.2 Å². The van der Waals surface area contributed by atoms with E-state index in [9.17, 15) is 9.59 Å². The number of carbonyl (C=O) groups excluding carboxylic acids is 2. The van der Waals surface area contributed by atoms with E-state index < -0.39 is 5.97 Å². The second kappa shape index (κ2) is 8.89. The highest BCUT2D eigenvalue weighted by Crippen LogP contribution is 2.21. The van der Waals surface area contributed by atoms with Gasteiger partial charge in [0.1, 0.15) is 5.75 Å². The van der Waals surface area contributed by atoms with Gasteiger partial charge in [-0.05, 0) is 48.9 Å². The molecule has 25 heavy (non-hydrogen) atoms. The third-order valence-corrected chi connectivity index (χ3v) is 3.60. The average molecular weight is 360 g/mol. The molecule has 130 valence electrons. The Morgan fingerprint density at radius 1 is 1.16 bits per heavy atom. The molecule has 1 amide bonds. The number of hydrogen-bond donors (Lipinski definition) is 1. The molecular formula is C19H18ClNO4. The van der Waals surface area contributed by atoms with Crippen LogP contribution in [-0.4, -0.2) is 25.6 Å². The molecule has 6 heteroatoms. The van der Waals surface area contributed by atoms with Gasteiger partial charge in [0.2, 0.25) is 5.91 Å². The summed E-state index contributed by atoms with van der Waals surface area (Å²) in [5, 5.41) is 2.95. The van der Waals surface area contributed by atoms with E-state index in [0.29, 0.717) is 5.69 Å². The van der Waals surface area contributed by atoms with E-state index in [1.54, 1.807) is 26.2 Å². The van der Waals surface area contributed by atoms with Crippen LogP contribution in [0.15, 0.2) is 48.5 Å². The highest BCUT2D eigenvalue weighted by Gasteiger charge is 2.12. The van der Waals surface area contributed by atoms with Gasteiger partial charge in [-0.3, -0.25) is 4.79 Å². The first-order valence-electron chi connectivity index (χ1n) is 7.63. The molecule has 2 aromatic carbocycles. The largest absolute Gasteiger partial charge is 0.497 e. The summed E-state index contributed by atoms with van der Waals surface area (Å²) in [7, 11) is 1.59. The third kappa shape index (κ3) is 5.36. The molecule has 0 saturated heterocycles. The first-order valence-corrected chi connectivity index (χ1v) is 8.01. The van der Waals surface area contributed by atoms with Crippen LogP contribution in [0.4, 0.5) is 5.69 Å². The van der Waals surface area contributed by atoms with E-state index in [4.69, 9.17) is 21.1 Å². The van der Waals surface area contributed by atoms with Crippen LogP contribution in [0.5, 0.6) is 5.75 Å². The Balaban J connectivity index is 2.05. The normalized spacial score (nSPS) is 10.5. The highest BCUT2D eigenvalue weighted by molar-refractivity contribution is 6.33. The van der Waals surface area contributed by atoms with Crippen LogP contribution < -0.4 is 10.1 Å². The zero-order valence-corrected chi connectivity index (χ0v) is 14.7. The van der Waals surface area contributed by atoms with E-state index in [1.165, 1.54) is 18.2 Å². The predicted molar refractivity (Wildman–Crippen MR) is 98.1 cm³/mol. The molecule has 0 aromatic heterocycles. The summed E-state index contributed by atoms with van der Waals surface area (Å²) in [6.07, 6.45) is 3.08. The van der Waals surface area contributed by atoms with Gasteiger partial charge in [-0.25, -0.2) is 4.79 Å². The molecule has 0 heterocycles. The number of halogens is 1. The summed E-state index contributed by atoms with van der Waals surface area (Å²) in [6.45, 7) is 1.96. The van der Waals surface area contributed by atoms with Crippen molar-refractivity contribution in [1.82, 2.24) is 0 Å². The molecule has 0 saturated carbocycles. The summed E-state index contributed by atoms with van der Waals surface area (Å²) in [6, 6.07) is 11.9. The summed E-state index contributed by atoms with van der Waals surface area (Å²) >= 11 is 5.99. The van der Waals surface area contributed by atoms with Crippen molar-refractivity contribution in [1.29, 1.82) is 0 Å². The molecule has 0 aliphatic rings. The lowest BCUT2D eigenvalue weighted by Gasteiger charge is -2.07. The van der Waals surface area contributed by atoms with Crippen molar-refractivity contribution in [3.05, 3.63) is 64.7 Å². The Labute approximate surface area is 151 Å². The summed E-state index contributed by atoms with van der Waals surface area (Å²) < 4.78 is 10.0. The minimum atomic E-state index is -0.530.